The van der Waals surface area contributed by atoms with E-state index in [1.165, 1.54) is 34.3 Å². The molecule has 1 atom stereocenters. The molecule has 0 bridgehead atoms. The first-order valence-electron chi connectivity index (χ1n) is 7.22. The van der Waals surface area contributed by atoms with E-state index in [-0.39, 0.29) is 16.7 Å². The molecular weight excluding hydrogens is 343 g/mol. The zero-order valence-electron chi connectivity index (χ0n) is 12.4. The van der Waals surface area contributed by atoms with Crippen LogP contribution < -0.4 is 0 Å². The number of nitrogens with zero attached hydrogens (tertiary/aromatic N) is 2. The van der Waals surface area contributed by atoms with Gasteiger partial charge >= 0.3 is 0 Å². The van der Waals surface area contributed by atoms with Gasteiger partial charge < -0.3 is 9.64 Å². The van der Waals surface area contributed by atoms with Crippen molar-refractivity contribution in [3.05, 3.63) is 30.1 Å². The second kappa shape index (κ2) is 6.76. The van der Waals surface area contributed by atoms with Gasteiger partial charge in [0.1, 0.15) is 11.9 Å². The molecule has 0 saturated carbocycles. The van der Waals surface area contributed by atoms with E-state index in [4.69, 9.17) is 4.74 Å². The van der Waals surface area contributed by atoms with Crippen molar-refractivity contribution in [1.82, 2.24) is 9.21 Å². The summed E-state index contributed by atoms with van der Waals surface area (Å²) in [4.78, 5) is 14.1. The summed E-state index contributed by atoms with van der Waals surface area (Å²) in [7, 11) is -3.90. The van der Waals surface area contributed by atoms with Gasteiger partial charge in [0.25, 0.3) is 0 Å². The summed E-state index contributed by atoms with van der Waals surface area (Å²) < 4.78 is 45.2. The van der Waals surface area contributed by atoms with E-state index >= 15 is 0 Å². The van der Waals surface area contributed by atoms with Crippen LogP contribution in [0.25, 0.3) is 0 Å². The van der Waals surface area contributed by atoms with Crippen molar-refractivity contribution in [2.45, 2.75) is 10.9 Å². The Morgan fingerprint density at radius 3 is 2.74 bits per heavy atom. The van der Waals surface area contributed by atoms with Gasteiger partial charge in [0, 0.05) is 18.8 Å². The molecule has 0 aromatic heterocycles. The third kappa shape index (κ3) is 3.37. The smallest absolute Gasteiger partial charge is 0.244 e. The van der Waals surface area contributed by atoms with E-state index in [1.54, 1.807) is 4.90 Å². The zero-order chi connectivity index (χ0) is 16.4. The highest BCUT2D eigenvalue weighted by molar-refractivity contribution is 8.00. The van der Waals surface area contributed by atoms with Crippen LogP contribution in [-0.4, -0.2) is 67.5 Å². The van der Waals surface area contributed by atoms with Crippen molar-refractivity contribution in [3.63, 3.8) is 0 Å². The highest BCUT2D eigenvalue weighted by Gasteiger charge is 2.42. The van der Waals surface area contributed by atoms with Crippen LogP contribution in [0.3, 0.4) is 0 Å². The van der Waals surface area contributed by atoms with Gasteiger partial charge in [0.05, 0.1) is 24.0 Å². The average molecular weight is 360 g/mol. The molecule has 2 saturated heterocycles. The molecule has 126 valence electrons. The minimum Gasteiger partial charge on any atom is -0.378 e. The molecule has 0 aliphatic carbocycles. The number of ether oxygens (including phenoxy) is 1. The molecule has 1 aromatic carbocycles. The molecule has 0 N–H and O–H groups in total. The number of sulfonamides is 1. The normalized spacial score (nSPS) is 23.2. The lowest BCUT2D eigenvalue weighted by molar-refractivity contribution is -0.138. The Kier molecular flexibility index (Phi) is 4.90. The Balaban J connectivity index is 1.84. The topological polar surface area (TPSA) is 66.9 Å². The number of morpholine rings is 1. The van der Waals surface area contributed by atoms with Crippen molar-refractivity contribution in [2.75, 3.05) is 37.9 Å². The minimum absolute atomic E-state index is 0.125. The number of rotatable bonds is 3. The van der Waals surface area contributed by atoms with Crippen molar-refractivity contribution >= 4 is 27.7 Å². The van der Waals surface area contributed by atoms with E-state index in [2.05, 4.69) is 0 Å². The number of halogens is 1. The number of benzene rings is 1. The molecular formula is C14H17FN2O4S2. The van der Waals surface area contributed by atoms with E-state index in [0.717, 1.165) is 6.07 Å². The standard InChI is InChI=1S/C14H17FN2O4S2/c15-11-2-1-3-12(8-11)23(19,20)17-10-22-9-13(17)14(18)16-4-6-21-7-5-16/h1-3,8,13H,4-7,9-10H2. The summed E-state index contributed by atoms with van der Waals surface area (Å²) in [5.41, 5.74) is 0. The number of hydrogen-bond acceptors (Lipinski definition) is 5. The van der Waals surface area contributed by atoms with Crippen molar-refractivity contribution in [2.24, 2.45) is 0 Å². The van der Waals surface area contributed by atoms with Gasteiger partial charge in [0.15, 0.2) is 0 Å². The summed E-state index contributed by atoms with van der Waals surface area (Å²) >= 11 is 1.38. The highest BCUT2D eigenvalue weighted by Crippen LogP contribution is 2.29. The van der Waals surface area contributed by atoms with E-state index in [0.29, 0.717) is 32.1 Å². The quantitative estimate of drug-likeness (QED) is 0.796. The van der Waals surface area contributed by atoms with E-state index in [1.807, 2.05) is 0 Å². The van der Waals surface area contributed by atoms with Crippen molar-refractivity contribution < 1.29 is 22.3 Å². The number of carbonyl (C=O) groups is 1. The number of thioether (sulfide) groups is 1. The van der Waals surface area contributed by atoms with Gasteiger partial charge in [-0.3, -0.25) is 4.79 Å². The Labute approximate surface area is 138 Å². The van der Waals surface area contributed by atoms with Gasteiger partial charge in [0.2, 0.25) is 15.9 Å². The van der Waals surface area contributed by atoms with Crippen LogP contribution in [0.1, 0.15) is 0 Å². The maximum atomic E-state index is 13.4. The number of amides is 1. The van der Waals surface area contributed by atoms with E-state index < -0.39 is 21.9 Å². The number of hydrogen-bond donors (Lipinski definition) is 0. The van der Waals surface area contributed by atoms with Crippen LogP contribution in [0.5, 0.6) is 0 Å². The molecule has 23 heavy (non-hydrogen) atoms. The van der Waals surface area contributed by atoms with Gasteiger partial charge in [-0.2, -0.15) is 4.31 Å². The Bertz CT molecular complexity index is 692. The van der Waals surface area contributed by atoms with Crippen LogP contribution in [0.2, 0.25) is 0 Å². The lowest BCUT2D eigenvalue weighted by Crippen LogP contribution is -2.51. The first-order chi connectivity index (χ1) is 11.0. The maximum absolute atomic E-state index is 13.4. The summed E-state index contributed by atoms with van der Waals surface area (Å²) in [6.45, 7) is 1.85. The van der Waals surface area contributed by atoms with Crippen LogP contribution >= 0.6 is 11.8 Å². The lowest BCUT2D eigenvalue weighted by Gasteiger charge is -2.31. The van der Waals surface area contributed by atoms with Gasteiger partial charge in [-0.15, -0.1) is 11.8 Å². The second-order valence-corrected chi connectivity index (χ2v) is 8.19. The highest BCUT2D eigenvalue weighted by atomic mass is 32.2. The largest absolute Gasteiger partial charge is 0.378 e. The van der Waals surface area contributed by atoms with Gasteiger partial charge in [-0.05, 0) is 18.2 Å². The third-order valence-corrected chi connectivity index (χ3v) is 6.88. The molecule has 2 aliphatic heterocycles. The van der Waals surface area contributed by atoms with E-state index in [9.17, 15) is 17.6 Å². The minimum atomic E-state index is -3.90. The molecule has 9 heteroatoms. The van der Waals surface area contributed by atoms with Crippen LogP contribution in [0.15, 0.2) is 29.2 Å². The molecule has 2 heterocycles. The summed E-state index contributed by atoms with van der Waals surface area (Å²) in [5, 5.41) is 0. The SMILES string of the molecule is O=C(C1CSCN1S(=O)(=O)c1cccc(F)c1)N1CCOCC1. The number of carbonyl (C=O) groups excluding carboxylic acids is 1. The van der Waals surface area contributed by atoms with Crippen LogP contribution in [0, 0.1) is 5.82 Å². The van der Waals surface area contributed by atoms with Gasteiger partial charge in [-0.1, -0.05) is 6.07 Å². The Morgan fingerprint density at radius 1 is 1.30 bits per heavy atom. The fraction of sp³-hybridized carbons (Fsp3) is 0.500. The predicted octanol–water partition coefficient (Wildman–Crippen LogP) is 0.748. The lowest BCUT2D eigenvalue weighted by atomic mass is 10.2. The van der Waals surface area contributed by atoms with Crippen molar-refractivity contribution in [3.8, 4) is 0 Å². The molecule has 1 unspecified atom stereocenters. The first-order valence-corrected chi connectivity index (χ1v) is 9.81. The molecule has 0 spiro atoms. The fourth-order valence-electron chi connectivity index (χ4n) is 2.62. The average Bonchev–Trinajstić information content (AvgIpc) is 3.05. The van der Waals surface area contributed by atoms with Crippen LogP contribution in [-0.2, 0) is 19.6 Å². The Morgan fingerprint density at radius 2 is 2.04 bits per heavy atom. The molecule has 6 nitrogen and oxygen atoms in total. The summed E-state index contributed by atoms with van der Waals surface area (Å²) in [5.74, 6) is -0.225. The predicted molar refractivity (Wildman–Crippen MR) is 83.9 cm³/mol. The zero-order valence-corrected chi connectivity index (χ0v) is 14.0. The van der Waals surface area contributed by atoms with Crippen molar-refractivity contribution in [1.29, 1.82) is 0 Å². The molecule has 1 amide bonds. The van der Waals surface area contributed by atoms with Crippen LogP contribution in [0.4, 0.5) is 4.39 Å². The fourth-order valence-corrected chi connectivity index (χ4v) is 5.78. The molecule has 3 rings (SSSR count). The first kappa shape index (κ1) is 16.7. The summed E-state index contributed by atoms with van der Waals surface area (Å²) in [6.07, 6.45) is 0. The molecule has 1 aromatic rings. The molecule has 2 aliphatic rings. The maximum Gasteiger partial charge on any atom is 0.244 e. The molecule has 2 fully saturated rings. The monoisotopic (exact) mass is 360 g/mol. The van der Waals surface area contributed by atoms with Gasteiger partial charge in [-0.25, -0.2) is 12.8 Å². The Hall–Kier alpha value is -1.16. The summed E-state index contributed by atoms with van der Waals surface area (Å²) in [6, 6.07) is 4.12. The second-order valence-electron chi connectivity index (χ2n) is 5.30. The third-order valence-electron chi connectivity index (χ3n) is 3.85. The molecule has 0 radical (unpaired) electrons.